The fourth-order valence-electron chi connectivity index (χ4n) is 5.38. The fraction of sp³-hybridized carbons (Fsp3) is 0.952. The standard InChI is InChI=1S/C21H36F2N4O3/c1-13(2)21(28)27-5-3-14(4-6-27)19-24-20(30-25-19)15-11-16(22)18(23)17(12-15)26-7-9-29-10-8-26/h13-20,24-25H,3-12H2,1-2H3. The topological polar surface area (TPSA) is 66.1 Å². The third-order valence-electron chi connectivity index (χ3n) is 7.21. The molecule has 7 nitrogen and oxygen atoms in total. The van der Waals surface area contributed by atoms with Gasteiger partial charge in [-0.1, -0.05) is 13.8 Å². The second kappa shape index (κ2) is 9.73. The molecule has 3 aliphatic heterocycles. The molecule has 172 valence electrons. The number of nitrogens with one attached hydrogen (secondary N) is 2. The van der Waals surface area contributed by atoms with E-state index >= 15 is 0 Å². The first-order valence-corrected chi connectivity index (χ1v) is 11.5. The molecular weight excluding hydrogens is 394 g/mol. The van der Waals surface area contributed by atoms with Gasteiger partial charge in [-0.05, 0) is 31.6 Å². The van der Waals surface area contributed by atoms with Crippen molar-refractivity contribution in [3.63, 3.8) is 0 Å². The normalized spacial score (nSPS) is 39.6. The van der Waals surface area contributed by atoms with Gasteiger partial charge in [-0.3, -0.25) is 19.8 Å². The Morgan fingerprint density at radius 2 is 1.73 bits per heavy atom. The predicted molar refractivity (Wildman–Crippen MR) is 108 cm³/mol. The van der Waals surface area contributed by atoms with Gasteiger partial charge < -0.3 is 9.64 Å². The number of carbonyl (C=O) groups is 1. The maximum Gasteiger partial charge on any atom is 0.225 e. The number of hydrogen-bond donors (Lipinski definition) is 2. The smallest absolute Gasteiger partial charge is 0.225 e. The summed E-state index contributed by atoms with van der Waals surface area (Å²) in [5.41, 5.74) is 3.10. The maximum absolute atomic E-state index is 14.6. The number of amides is 1. The zero-order chi connectivity index (χ0) is 21.3. The molecule has 4 rings (SSSR count). The quantitative estimate of drug-likeness (QED) is 0.704. The van der Waals surface area contributed by atoms with Crippen LogP contribution in [-0.2, 0) is 14.4 Å². The van der Waals surface area contributed by atoms with E-state index in [9.17, 15) is 13.6 Å². The van der Waals surface area contributed by atoms with Crippen molar-refractivity contribution in [3.05, 3.63) is 0 Å². The summed E-state index contributed by atoms with van der Waals surface area (Å²) in [6.07, 6.45) is -0.700. The van der Waals surface area contributed by atoms with Crippen LogP contribution in [0.25, 0.3) is 0 Å². The minimum Gasteiger partial charge on any atom is -0.379 e. The third-order valence-corrected chi connectivity index (χ3v) is 7.21. The molecule has 9 heteroatoms. The molecule has 4 fully saturated rings. The van der Waals surface area contributed by atoms with Crippen molar-refractivity contribution in [1.82, 2.24) is 20.6 Å². The van der Waals surface area contributed by atoms with E-state index in [4.69, 9.17) is 9.57 Å². The third kappa shape index (κ3) is 4.80. The molecule has 0 aromatic rings. The lowest BCUT2D eigenvalue weighted by Crippen LogP contribution is -2.56. The first-order chi connectivity index (χ1) is 14.4. The predicted octanol–water partition coefficient (Wildman–Crippen LogP) is 1.44. The van der Waals surface area contributed by atoms with Crippen molar-refractivity contribution >= 4 is 5.91 Å². The van der Waals surface area contributed by atoms with E-state index in [1.54, 1.807) is 0 Å². The van der Waals surface area contributed by atoms with E-state index in [1.807, 2.05) is 23.6 Å². The summed E-state index contributed by atoms with van der Waals surface area (Å²) in [5.74, 6) is 0.497. The zero-order valence-electron chi connectivity index (χ0n) is 18.1. The lowest BCUT2D eigenvalue weighted by Gasteiger charge is -2.43. The molecule has 0 radical (unpaired) electrons. The molecule has 6 unspecified atom stereocenters. The van der Waals surface area contributed by atoms with E-state index in [-0.39, 0.29) is 36.6 Å². The number of likely N-dealkylation sites (tertiary alicyclic amines) is 1. The van der Waals surface area contributed by atoms with Crippen molar-refractivity contribution in [2.24, 2.45) is 17.8 Å². The van der Waals surface area contributed by atoms with Gasteiger partial charge in [0.15, 0.2) is 0 Å². The SMILES string of the molecule is CC(C)C(=O)N1CCC(C2NOC(C3CC(F)C(F)C(N4CCOCC4)C3)N2)CC1. The molecular formula is C21H36F2N4O3. The van der Waals surface area contributed by atoms with Gasteiger partial charge in [0.1, 0.15) is 18.6 Å². The number of morpholine rings is 1. The number of rotatable bonds is 4. The highest BCUT2D eigenvalue weighted by atomic mass is 19.2. The minimum absolute atomic E-state index is 0.0192. The highest BCUT2D eigenvalue weighted by Gasteiger charge is 2.46. The Bertz CT molecular complexity index is 585. The summed E-state index contributed by atoms with van der Waals surface area (Å²) in [4.78, 5) is 22.0. The summed E-state index contributed by atoms with van der Waals surface area (Å²) < 4.78 is 34.6. The van der Waals surface area contributed by atoms with Crippen LogP contribution in [0.2, 0.25) is 0 Å². The van der Waals surface area contributed by atoms with Crippen LogP contribution in [0, 0.1) is 17.8 Å². The van der Waals surface area contributed by atoms with Gasteiger partial charge in [0.05, 0.1) is 19.4 Å². The van der Waals surface area contributed by atoms with Crippen LogP contribution in [0.5, 0.6) is 0 Å². The van der Waals surface area contributed by atoms with Crippen LogP contribution in [-0.4, -0.2) is 85.9 Å². The number of hydroxylamine groups is 1. The van der Waals surface area contributed by atoms with Gasteiger partial charge in [0.2, 0.25) is 5.91 Å². The van der Waals surface area contributed by atoms with Gasteiger partial charge in [-0.15, -0.1) is 0 Å². The minimum atomic E-state index is -1.47. The molecule has 1 aliphatic carbocycles. The summed E-state index contributed by atoms with van der Waals surface area (Å²) >= 11 is 0. The first-order valence-electron chi connectivity index (χ1n) is 11.5. The Labute approximate surface area is 177 Å². The van der Waals surface area contributed by atoms with Gasteiger partial charge in [-0.2, -0.15) is 5.48 Å². The first kappa shape index (κ1) is 22.3. The van der Waals surface area contributed by atoms with Crippen LogP contribution in [0.1, 0.15) is 39.5 Å². The number of alkyl halides is 2. The highest BCUT2D eigenvalue weighted by molar-refractivity contribution is 5.78. The number of carbonyl (C=O) groups excluding carboxylic acids is 1. The summed E-state index contributed by atoms with van der Waals surface area (Å²) in [6.45, 7) is 7.82. The molecule has 2 N–H and O–H groups in total. The summed E-state index contributed by atoms with van der Waals surface area (Å²) in [6, 6.07) is -0.419. The highest BCUT2D eigenvalue weighted by Crippen LogP contribution is 2.36. The van der Waals surface area contributed by atoms with E-state index in [2.05, 4.69) is 10.8 Å². The molecule has 0 aromatic heterocycles. The van der Waals surface area contributed by atoms with Crippen LogP contribution in [0.4, 0.5) is 8.78 Å². The number of hydrogen-bond acceptors (Lipinski definition) is 6. The van der Waals surface area contributed by atoms with Crippen molar-refractivity contribution in [2.45, 2.75) is 70.3 Å². The maximum atomic E-state index is 14.6. The van der Waals surface area contributed by atoms with Crippen molar-refractivity contribution in [1.29, 1.82) is 0 Å². The largest absolute Gasteiger partial charge is 0.379 e. The average molecular weight is 431 g/mol. The van der Waals surface area contributed by atoms with Crippen molar-refractivity contribution < 1.29 is 23.1 Å². The Hall–Kier alpha value is -0.870. The van der Waals surface area contributed by atoms with Gasteiger partial charge in [-0.25, -0.2) is 8.78 Å². The Morgan fingerprint density at radius 1 is 1.03 bits per heavy atom. The molecule has 3 heterocycles. The molecule has 1 amide bonds. The Balaban J connectivity index is 1.30. The molecule has 6 atom stereocenters. The van der Waals surface area contributed by atoms with Crippen LogP contribution < -0.4 is 10.8 Å². The molecule has 0 spiro atoms. The molecule has 0 aromatic carbocycles. The molecule has 3 saturated heterocycles. The van der Waals surface area contributed by atoms with Crippen LogP contribution in [0.3, 0.4) is 0 Å². The van der Waals surface area contributed by atoms with Crippen LogP contribution >= 0.6 is 0 Å². The number of ether oxygens (including phenoxy) is 1. The number of halogens is 2. The van der Waals surface area contributed by atoms with E-state index < -0.39 is 18.4 Å². The van der Waals surface area contributed by atoms with Gasteiger partial charge in [0, 0.05) is 44.1 Å². The zero-order valence-corrected chi connectivity index (χ0v) is 18.1. The second-order valence-corrected chi connectivity index (χ2v) is 9.53. The van der Waals surface area contributed by atoms with E-state index in [0.29, 0.717) is 38.6 Å². The molecule has 4 aliphatic rings. The van der Waals surface area contributed by atoms with Crippen LogP contribution in [0.15, 0.2) is 0 Å². The molecule has 1 saturated carbocycles. The summed E-state index contributed by atoms with van der Waals surface area (Å²) in [7, 11) is 0. The Morgan fingerprint density at radius 3 is 2.40 bits per heavy atom. The van der Waals surface area contributed by atoms with Gasteiger partial charge >= 0.3 is 0 Å². The Kier molecular flexibility index (Phi) is 7.24. The monoisotopic (exact) mass is 430 g/mol. The molecule has 30 heavy (non-hydrogen) atoms. The lowest BCUT2D eigenvalue weighted by atomic mass is 9.81. The van der Waals surface area contributed by atoms with Crippen molar-refractivity contribution in [2.75, 3.05) is 39.4 Å². The van der Waals surface area contributed by atoms with Crippen molar-refractivity contribution in [3.8, 4) is 0 Å². The van der Waals surface area contributed by atoms with Gasteiger partial charge in [0.25, 0.3) is 0 Å². The average Bonchev–Trinajstić information content (AvgIpc) is 3.26. The summed E-state index contributed by atoms with van der Waals surface area (Å²) in [5, 5.41) is 3.49. The number of nitrogens with zero attached hydrogens (tertiary/aromatic N) is 2. The fourth-order valence-corrected chi connectivity index (χ4v) is 5.38. The number of piperidine rings is 1. The molecule has 0 bridgehead atoms. The lowest BCUT2D eigenvalue weighted by molar-refractivity contribution is -0.136. The second-order valence-electron chi connectivity index (χ2n) is 9.53. The van der Waals surface area contributed by atoms with E-state index in [0.717, 1.165) is 25.9 Å². The van der Waals surface area contributed by atoms with E-state index in [1.165, 1.54) is 0 Å².